The quantitative estimate of drug-likeness (QED) is 0.877. The third-order valence-electron chi connectivity index (χ3n) is 2.77. The zero-order valence-electron chi connectivity index (χ0n) is 9.88. The van der Waals surface area contributed by atoms with E-state index in [0.29, 0.717) is 16.6 Å². The summed E-state index contributed by atoms with van der Waals surface area (Å²) in [6.45, 7) is 2.38. The molecule has 1 atom stereocenters. The fraction of sp³-hybridized carbons (Fsp3) is 0.462. The summed E-state index contributed by atoms with van der Waals surface area (Å²) >= 11 is 3.16. The zero-order chi connectivity index (χ0) is 12.8. The molecule has 4 heteroatoms. The molecule has 0 aliphatic carbocycles. The highest BCUT2D eigenvalue weighted by molar-refractivity contribution is 9.10. The second kappa shape index (κ2) is 6.87. The highest BCUT2D eigenvalue weighted by Gasteiger charge is 2.17. The van der Waals surface area contributed by atoms with Gasteiger partial charge in [0, 0.05) is 18.9 Å². The highest BCUT2D eigenvalue weighted by atomic mass is 79.9. The standard InChI is InChI=1S/C13H17BrFNO/c1-2-4-10(8-16)12(17)7-9-5-3-6-11(15)13(9)14/h3,5-6,10H,2,4,7-8,16H2,1H3. The summed E-state index contributed by atoms with van der Waals surface area (Å²) in [6.07, 6.45) is 1.96. The Morgan fingerprint density at radius 1 is 1.53 bits per heavy atom. The summed E-state index contributed by atoms with van der Waals surface area (Å²) in [4.78, 5) is 12.0. The molecular formula is C13H17BrFNO. The Hall–Kier alpha value is -0.740. The molecule has 0 saturated carbocycles. The molecular weight excluding hydrogens is 285 g/mol. The van der Waals surface area contributed by atoms with Crippen molar-refractivity contribution in [2.45, 2.75) is 26.2 Å². The van der Waals surface area contributed by atoms with Gasteiger partial charge in [-0.1, -0.05) is 25.5 Å². The second-order valence-electron chi connectivity index (χ2n) is 4.08. The van der Waals surface area contributed by atoms with Crippen LogP contribution in [0.5, 0.6) is 0 Å². The first kappa shape index (κ1) is 14.3. The van der Waals surface area contributed by atoms with Gasteiger partial charge in [-0.05, 0) is 34.0 Å². The Labute approximate surface area is 110 Å². The first-order chi connectivity index (χ1) is 8.10. The number of carbonyl (C=O) groups excluding carboxylic acids is 1. The minimum absolute atomic E-state index is 0.0839. The Balaban J connectivity index is 2.76. The molecule has 0 amide bonds. The maximum atomic E-state index is 13.3. The summed E-state index contributed by atoms with van der Waals surface area (Å²) in [6, 6.07) is 4.73. The number of benzene rings is 1. The fourth-order valence-electron chi connectivity index (χ4n) is 1.78. The number of hydrogen-bond donors (Lipinski definition) is 1. The van der Waals surface area contributed by atoms with Crippen LogP contribution in [0.25, 0.3) is 0 Å². The Morgan fingerprint density at radius 3 is 2.82 bits per heavy atom. The van der Waals surface area contributed by atoms with Gasteiger partial charge < -0.3 is 5.73 Å². The maximum absolute atomic E-state index is 13.3. The molecule has 1 unspecified atom stereocenters. The molecule has 0 radical (unpaired) electrons. The molecule has 1 rings (SSSR count). The van der Waals surface area contributed by atoms with Gasteiger partial charge in [-0.3, -0.25) is 4.79 Å². The topological polar surface area (TPSA) is 43.1 Å². The van der Waals surface area contributed by atoms with Crippen LogP contribution in [0.4, 0.5) is 4.39 Å². The minimum atomic E-state index is -0.338. The van der Waals surface area contributed by atoms with E-state index in [4.69, 9.17) is 5.73 Å². The van der Waals surface area contributed by atoms with Gasteiger partial charge in [0.2, 0.25) is 0 Å². The van der Waals surface area contributed by atoms with Crippen molar-refractivity contribution in [3.05, 3.63) is 34.1 Å². The third kappa shape index (κ3) is 3.89. The van der Waals surface area contributed by atoms with Gasteiger partial charge in [-0.15, -0.1) is 0 Å². The van der Waals surface area contributed by atoms with Crippen LogP contribution in [-0.4, -0.2) is 12.3 Å². The number of Topliss-reactive ketones (excluding diaryl/α,β-unsaturated/α-hetero) is 1. The summed E-state index contributed by atoms with van der Waals surface area (Å²) in [5.74, 6) is -0.370. The molecule has 2 nitrogen and oxygen atoms in total. The third-order valence-corrected chi connectivity index (χ3v) is 3.66. The smallest absolute Gasteiger partial charge is 0.141 e. The van der Waals surface area contributed by atoms with Gasteiger partial charge in [-0.25, -0.2) is 4.39 Å². The van der Waals surface area contributed by atoms with Crippen molar-refractivity contribution in [1.29, 1.82) is 0 Å². The van der Waals surface area contributed by atoms with Crippen molar-refractivity contribution >= 4 is 21.7 Å². The number of rotatable bonds is 6. The van der Waals surface area contributed by atoms with Crippen molar-refractivity contribution in [2.75, 3.05) is 6.54 Å². The zero-order valence-corrected chi connectivity index (χ0v) is 11.5. The van der Waals surface area contributed by atoms with Crippen LogP contribution in [0, 0.1) is 11.7 Å². The lowest BCUT2D eigenvalue weighted by atomic mass is 9.94. The number of halogens is 2. The van der Waals surface area contributed by atoms with E-state index in [1.165, 1.54) is 6.07 Å². The predicted octanol–water partition coefficient (Wildman–Crippen LogP) is 3.07. The normalized spacial score (nSPS) is 12.5. The molecule has 1 aromatic carbocycles. The number of ketones is 1. The van der Waals surface area contributed by atoms with Gasteiger partial charge in [0.15, 0.2) is 0 Å². The van der Waals surface area contributed by atoms with Crippen LogP contribution in [-0.2, 0) is 11.2 Å². The summed E-state index contributed by atoms with van der Waals surface area (Å²) in [5, 5.41) is 0. The molecule has 0 heterocycles. The van der Waals surface area contributed by atoms with Crippen molar-refractivity contribution in [3.63, 3.8) is 0 Å². The molecule has 0 aliphatic rings. The predicted molar refractivity (Wildman–Crippen MR) is 70.3 cm³/mol. The Bertz CT molecular complexity index is 395. The lowest BCUT2D eigenvalue weighted by Crippen LogP contribution is -2.25. The van der Waals surface area contributed by atoms with Crippen molar-refractivity contribution in [1.82, 2.24) is 0 Å². The van der Waals surface area contributed by atoms with E-state index in [1.807, 2.05) is 6.92 Å². The number of carbonyl (C=O) groups is 1. The molecule has 0 saturated heterocycles. The molecule has 2 N–H and O–H groups in total. The molecule has 0 spiro atoms. The Kier molecular flexibility index (Phi) is 5.78. The van der Waals surface area contributed by atoms with Crippen LogP contribution in [0.2, 0.25) is 0 Å². The van der Waals surface area contributed by atoms with E-state index in [9.17, 15) is 9.18 Å². The maximum Gasteiger partial charge on any atom is 0.141 e. The van der Waals surface area contributed by atoms with E-state index < -0.39 is 0 Å². The van der Waals surface area contributed by atoms with Crippen LogP contribution < -0.4 is 5.73 Å². The molecule has 94 valence electrons. The largest absolute Gasteiger partial charge is 0.330 e. The van der Waals surface area contributed by atoms with Gasteiger partial charge in [-0.2, -0.15) is 0 Å². The first-order valence-corrected chi connectivity index (χ1v) is 6.55. The average molecular weight is 302 g/mol. The van der Waals surface area contributed by atoms with Crippen LogP contribution in [0.1, 0.15) is 25.3 Å². The van der Waals surface area contributed by atoms with Crippen molar-refractivity contribution < 1.29 is 9.18 Å². The average Bonchev–Trinajstić information content (AvgIpc) is 2.31. The highest BCUT2D eigenvalue weighted by Crippen LogP contribution is 2.22. The molecule has 1 aromatic rings. The summed E-state index contributed by atoms with van der Waals surface area (Å²) in [5.41, 5.74) is 6.26. The van der Waals surface area contributed by atoms with E-state index in [2.05, 4.69) is 15.9 Å². The van der Waals surface area contributed by atoms with Crippen LogP contribution in [0.15, 0.2) is 22.7 Å². The van der Waals surface area contributed by atoms with Gasteiger partial charge >= 0.3 is 0 Å². The van der Waals surface area contributed by atoms with Crippen molar-refractivity contribution in [2.24, 2.45) is 11.7 Å². The number of hydrogen-bond acceptors (Lipinski definition) is 2. The molecule has 0 aromatic heterocycles. The van der Waals surface area contributed by atoms with E-state index >= 15 is 0 Å². The lowest BCUT2D eigenvalue weighted by Gasteiger charge is -2.13. The fourth-order valence-corrected chi connectivity index (χ4v) is 2.18. The second-order valence-corrected chi connectivity index (χ2v) is 4.87. The van der Waals surface area contributed by atoms with Crippen molar-refractivity contribution in [3.8, 4) is 0 Å². The number of nitrogens with two attached hydrogens (primary N) is 1. The summed E-state index contributed by atoms with van der Waals surface area (Å²) in [7, 11) is 0. The van der Waals surface area contributed by atoms with Gasteiger partial charge in [0.25, 0.3) is 0 Å². The van der Waals surface area contributed by atoms with Crippen LogP contribution >= 0.6 is 15.9 Å². The molecule has 0 aliphatic heterocycles. The van der Waals surface area contributed by atoms with Gasteiger partial charge in [0.05, 0.1) is 4.47 Å². The van der Waals surface area contributed by atoms with Crippen LogP contribution in [0.3, 0.4) is 0 Å². The monoisotopic (exact) mass is 301 g/mol. The molecule has 17 heavy (non-hydrogen) atoms. The lowest BCUT2D eigenvalue weighted by molar-refractivity contribution is -0.122. The Morgan fingerprint density at radius 2 is 2.24 bits per heavy atom. The first-order valence-electron chi connectivity index (χ1n) is 5.75. The SMILES string of the molecule is CCCC(CN)C(=O)Cc1cccc(F)c1Br. The van der Waals surface area contributed by atoms with E-state index in [-0.39, 0.29) is 23.9 Å². The van der Waals surface area contributed by atoms with E-state index in [1.54, 1.807) is 12.1 Å². The minimum Gasteiger partial charge on any atom is -0.330 e. The van der Waals surface area contributed by atoms with E-state index in [0.717, 1.165) is 12.8 Å². The summed E-state index contributed by atoms with van der Waals surface area (Å²) < 4.78 is 13.7. The molecule has 0 bridgehead atoms. The van der Waals surface area contributed by atoms with Gasteiger partial charge in [0.1, 0.15) is 11.6 Å². The molecule has 0 fully saturated rings.